The Labute approximate surface area is 279 Å². The maximum absolute atomic E-state index is 6.19. The second kappa shape index (κ2) is 11.8. The molecule has 9 rings (SSSR count). The molecule has 0 aliphatic carbocycles. The van der Waals surface area contributed by atoms with Crippen LogP contribution in [0.15, 0.2) is 192 Å². The number of benzene rings is 8. The third-order valence-electron chi connectivity index (χ3n) is 9.26. The van der Waals surface area contributed by atoms with Gasteiger partial charge in [0.1, 0.15) is 11.2 Å². The molecule has 0 saturated heterocycles. The van der Waals surface area contributed by atoms with Crippen molar-refractivity contribution in [2.45, 2.75) is 0 Å². The SMILES string of the molecule is c1ccc(-c2ccc(N(c3ccc(-c4ccccc4)cc3)c3ccccc3-c3ccc4cc5oc6ccccc6c5cc4c3)cc2)cc1. The largest absolute Gasteiger partial charge is 0.456 e. The summed E-state index contributed by atoms with van der Waals surface area (Å²) in [6.45, 7) is 0. The maximum Gasteiger partial charge on any atom is 0.136 e. The zero-order valence-corrected chi connectivity index (χ0v) is 26.3. The van der Waals surface area contributed by atoms with E-state index in [0.717, 1.165) is 55.5 Å². The molecule has 0 aliphatic heterocycles. The lowest BCUT2D eigenvalue weighted by atomic mass is 9.97. The molecule has 0 aliphatic rings. The molecule has 0 spiro atoms. The van der Waals surface area contributed by atoms with Crippen LogP contribution in [0.25, 0.3) is 66.1 Å². The third kappa shape index (κ3) is 5.01. The first-order valence-electron chi connectivity index (χ1n) is 16.3. The Morgan fingerprint density at radius 1 is 0.333 bits per heavy atom. The standard InChI is InChI=1S/C46H31NO/c1-3-11-32(12-4-1)34-21-25-39(26-22-34)47(40-27-23-35(24-28-40)33-13-5-2-6-14-33)44-17-9-7-15-41(44)37-20-19-36-31-46-43(30-38(36)29-37)42-16-8-10-18-45(42)48-46/h1-31H. The van der Waals surface area contributed by atoms with Gasteiger partial charge in [-0.3, -0.25) is 0 Å². The molecule has 8 aromatic carbocycles. The van der Waals surface area contributed by atoms with Crippen molar-refractivity contribution >= 4 is 49.8 Å². The summed E-state index contributed by atoms with van der Waals surface area (Å²) < 4.78 is 6.19. The van der Waals surface area contributed by atoms with E-state index in [2.05, 4.69) is 181 Å². The molecule has 0 N–H and O–H groups in total. The molecular weight excluding hydrogens is 583 g/mol. The summed E-state index contributed by atoms with van der Waals surface area (Å²) in [6.07, 6.45) is 0. The minimum Gasteiger partial charge on any atom is -0.456 e. The highest BCUT2D eigenvalue weighted by Gasteiger charge is 2.18. The molecule has 0 saturated carbocycles. The van der Waals surface area contributed by atoms with Gasteiger partial charge >= 0.3 is 0 Å². The number of hydrogen-bond donors (Lipinski definition) is 0. The van der Waals surface area contributed by atoms with Crippen molar-refractivity contribution in [3.63, 3.8) is 0 Å². The molecule has 1 aromatic heterocycles. The molecule has 0 bridgehead atoms. The van der Waals surface area contributed by atoms with Crippen LogP contribution in [0.4, 0.5) is 17.1 Å². The number of para-hydroxylation sites is 2. The summed E-state index contributed by atoms with van der Waals surface area (Å²) in [5.74, 6) is 0. The van der Waals surface area contributed by atoms with Crippen LogP contribution in [-0.2, 0) is 0 Å². The fraction of sp³-hybridized carbons (Fsp3) is 0. The van der Waals surface area contributed by atoms with Gasteiger partial charge < -0.3 is 9.32 Å². The van der Waals surface area contributed by atoms with E-state index >= 15 is 0 Å². The highest BCUT2D eigenvalue weighted by Crippen LogP contribution is 2.43. The molecule has 48 heavy (non-hydrogen) atoms. The molecule has 2 nitrogen and oxygen atoms in total. The van der Waals surface area contributed by atoms with Crippen molar-refractivity contribution in [1.82, 2.24) is 0 Å². The Kier molecular flexibility index (Phi) is 6.84. The molecule has 226 valence electrons. The first-order valence-corrected chi connectivity index (χ1v) is 16.3. The summed E-state index contributed by atoms with van der Waals surface area (Å²) in [5, 5.41) is 4.63. The van der Waals surface area contributed by atoms with Gasteiger partial charge in [0.25, 0.3) is 0 Å². The summed E-state index contributed by atoms with van der Waals surface area (Å²) in [4.78, 5) is 2.37. The number of anilines is 3. The van der Waals surface area contributed by atoms with Gasteiger partial charge in [0.05, 0.1) is 5.69 Å². The Morgan fingerprint density at radius 3 is 1.54 bits per heavy atom. The Hall–Kier alpha value is -6.38. The van der Waals surface area contributed by atoms with E-state index in [9.17, 15) is 0 Å². The first kappa shape index (κ1) is 27.9. The van der Waals surface area contributed by atoms with Gasteiger partial charge in [-0.15, -0.1) is 0 Å². The van der Waals surface area contributed by atoms with Crippen LogP contribution in [0.5, 0.6) is 0 Å². The average molecular weight is 614 g/mol. The molecule has 0 radical (unpaired) electrons. The van der Waals surface area contributed by atoms with Gasteiger partial charge in [0, 0.05) is 27.7 Å². The quantitative estimate of drug-likeness (QED) is 0.185. The van der Waals surface area contributed by atoms with Crippen LogP contribution in [0.2, 0.25) is 0 Å². The number of hydrogen-bond acceptors (Lipinski definition) is 2. The summed E-state index contributed by atoms with van der Waals surface area (Å²) in [5.41, 5.74) is 12.3. The second-order valence-corrected chi connectivity index (χ2v) is 12.2. The van der Waals surface area contributed by atoms with Crippen molar-refractivity contribution in [1.29, 1.82) is 0 Å². The van der Waals surface area contributed by atoms with Crippen LogP contribution in [0, 0.1) is 0 Å². The molecule has 0 fully saturated rings. The zero-order valence-electron chi connectivity index (χ0n) is 26.3. The minimum atomic E-state index is 0.917. The van der Waals surface area contributed by atoms with E-state index in [4.69, 9.17) is 4.42 Å². The van der Waals surface area contributed by atoms with Crippen LogP contribution >= 0.6 is 0 Å². The molecular formula is C46H31NO. The predicted octanol–water partition coefficient (Wildman–Crippen LogP) is 13.2. The molecule has 0 amide bonds. The van der Waals surface area contributed by atoms with Crippen LogP contribution in [0.3, 0.4) is 0 Å². The minimum absolute atomic E-state index is 0.917. The molecule has 1 heterocycles. The maximum atomic E-state index is 6.19. The average Bonchev–Trinajstić information content (AvgIpc) is 3.52. The Balaban J connectivity index is 1.18. The summed E-state index contributed by atoms with van der Waals surface area (Å²) in [7, 11) is 0. The van der Waals surface area contributed by atoms with Gasteiger partial charge in [-0.05, 0) is 93.2 Å². The molecule has 2 heteroatoms. The Morgan fingerprint density at radius 2 is 0.875 bits per heavy atom. The van der Waals surface area contributed by atoms with Crippen molar-refractivity contribution in [2.75, 3.05) is 4.90 Å². The van der Waals surface area contributed by atoms with E-state index in [1.807, 2.05) is 12.1 Å². The van der Waals surface area contributed by atoms with E-state index in [-0.39, 0.29) is 0 Å². The zero-order chi connectivity index (χ0) is 31.9. The van der Waals surface area contributed by atoms with Crippen molar-refractivity contribution in [2.24, 2.45) is 0 Å². The van der Waals surface area contributed by atoms with Crippen LogP contribution in [0.1, 0.15) is 0 Å². The monoisotopic (exact) mass is 613 g/mol. The number of nitrogens with zero attached hydrogens (tertiary/aromatic N) is 1. The normalized spacial score (nSPS) is 11.3. The van der Waals surface area contributed by atoms with E-state index in [1.165, 1.54) is 27.6 Å². The van der Waals surface area contributed by atoms with E-state index < -0.39 is 0 Å². The molecule has 9 aromatic rings. The van der Waals surface area contributed by atoms with E-state index in [0.29, 0.717) is 0 Å². The predicted molar refractivity (Wildman–Crippen MR) is 202 cm³/mol. The van der Waals surface area contributed by atoms with E-state index in [1.54, 1.807) is 0 Å². The lowest BCUT2D eigenvalue weighted by molar-refractivity contribution is 0.669. The topological polar surface area (TPSA) is 16.4 Å². The lowest BCUT2D eigenvalue weighted by Crippen LogP contribution is -2.11. The lowest BCUT2D eigenvalue weighted by Gasteiger charge is -2.28. The van der Waals surface area contributed by atoms with Gasteiger partial charge in [0.15, 0.2) is 0 Å². The fourth-order valence-corrected chi connectivity index (χ4v) is 6.84. The van der Waals surface area contributed by atoms with Gasteiger partial charge in [-0.1, -0.05) is 133 Å². The van der Waals surface area contributed by atoms with Gasteiger partial charge in [-0.25, -0.2) is 0 Å². The molecule has 0 atom stereocenters. The molecule has 0 unspecified atom stereocenters. The summed E-state index contributed by atoms with van der Waals surface area (Å²) in [6, 6.07) is 67.0. The first-order chi connectivity index (χ1) is 23.8. The Bertz CT molecular complexity index is 2450. The smallest absolute Gasteiger partial charge is 0.136 e. The van der Waals surface area contributed by atoms with Gasteiger partial charge in [-0.2, -0.15) is 0 Å². The summed E-state index contributed by atoms with van der Waals surface area (Å²) >= 11 is 0. The van der Waals surface area contributed by atoms with Crippen LogP contribution < -0.4 is 4.90 Å². The number of fused-ring (bicyclic) bond motifs is 4. The second-order valence-electron chi connectivity index (χ2n) is 12.2. The van der Waals surface area contributed by atoms with Crippen molar-refractivity contribution in [3.05, 3.63) is 188 Å². The highest BCUT2D eigenvalue weighted by atomic mass is 16.3. The van der Waals surface area contributed by atoms with Crippen molar-refractivity contribution < 1.29 is 4.42 Å². The van der Waals surface area contributed by atoms with Crippen LogP contribution in [-0.4, -0.2) is 0 Å². The number of furan rings is 1. The van der Waals surface area contributed by atoms with Crippen molar-refractivity contribution in [3.8, 4) is 33.4 Å². The number of rotatable bonds is 6. The third-order valence-corrected chi connectivity index (χ3v) is 9.26. The highest BCUT2D eigenvalue weighted by molar-refractivity contribution is 6.10. The van der Waals surface area contributed by atoms with Gasteiger partial charge in [0.2, 0.25) is 0 Å². The fourth-order valence-electron chi connectivity index (χ4n) is 6.84.